The second kappa shape index (κ2) is 7.06. The molecule has 1 atom stereocenters. The van der Waals surface area contributed by atoms with Gasteiger partial charge in [-0.15, -0.1) is 0 Å². The summed E-state index contributed by atoms with van der Waals surface area (Å²) in [6, 6.07) is 4.01. The molecule has 29 heavy (non-hydrogen) atoms. The summed E-state index contributed by atoms with van der Waals surface area (Å²) in [5.41, 5.74) is 3.85. The van der Waals surface area contributed by atoms with Gasteiger partial charge in [-0.1, -0.05) is 0 Å². The standard InChI is InChI=1S/C22H28N4O3/c1-25(2)21-23-11-15-5-7-22(20(15)24-21)6-4-8-26(13-22)12-16-9-18-19(29-14-28-18)10-17(16)27-3/h9-11H,4-8,12-14H2,1-3H3. The van der Waals surface area contributed by atoms with E-state index in [9.17, 15) is 0 Å². The Hall–Kier alpha value is -2.54. The van der Waals surface area contributed by atoms with Gasteiger partial charge in [-0.25, -0.2) is 9.97 Å². The van der Waals surface area contributed by atoms with Crippen LogP contribution in [0.3, 0.4) is 0 Å². The summed E-state index contributed by atoms with van der Waals surface area (Å²) in [7, 11) is 5.72. The van der Waals surface area contributed by atoms with Crippen molar-refractivity contribution < 1.29 is 14.2 Å². The van der Waals surface area contributed by atoms with E-state index >= 15 is 0 Å². The molecule has 0 N–H and O–H groups in total. The van der Waals surface area contributed by atoms with E-state index in [0.29, 0.717) is 0 Å². The first-order chi connectivity index (χ1) is 14.1. The second-order valence-electron chi connectivity index (χ2n) is 8.55. The van der Waals surface area contributed by atoms with Crippen LogP contribution in [0.15, 0.2) is 18.3 Å². The lowest BCUT2D eigenvalue weighted by atomic mass is 9.77. The van der Waals surface area contributed by atoms with Gasteiger partial charge in [0.1, 0.15) is 5.75 Å². The van der Waals surface area contributed by atoms with Crippen LogP contribution in [0, 0.1) is 0 Å². The third kappa shape index (κ3) is 3.17. The van der Waals surface area contributed by atoms with E-state index in [4.69, 9.17) is 19.2 Å². The predicted octanol–water partition coefficient (Wildman–Crippen LogP) is 2.76. The average molecular weight is 396 g/mol. The monoisotopic (exact) mass is 396 g/mol. The molecule has 3 aliphatic rings. The van der Waals surface area contributed by atoms with Gasteiger partial charge in [-0.3, -0.25) is 4.90 Å². The molecule has 1 spiro atoms. The number of anilines is 1. The van der Waals surface area contributed by atoms with Crippen molar-refractivity contribution >= 4 is 5.95 Å². The van der Waals surface area contributed by atoms with Gasteiger partial charge < -0.3 is 19.1 Å². The van der Waals surface area contributed by atoms with Crippen LogP contribution in [0.25, 0.3) is 0 Å². The Balaban J connectivity index is 1.41. The highest BCUT2D eigenvalue weighted by Gasteiger charge is 2.44. The van der Waals surface area contributed by atoms with Crippen molar-refractivity contribution in [1.82, 2.24) is 14.9 Å². The molecule has 0 saturated carbocycles. The number of nitrogens with zero attached hydrogens (tertiary/aromatic N) is 4. The van der Waals surface area contributed by atoms with Crippen LogP contribution in [0.4, 0.5) is 5.95 Å². The summed E-state index contributed by atoms with van der Waals surface area (Å²) >= 11 is 0. The zero-order valence-electron chi connectivity index (χ0n) is 17.4. The zero-order valence-corrected chi connectivity index (χ0v) is 17.4. The van der Waals surface area contributed by atoms with E-state index in [2.05, 4.69) is 16.0 Å². The van der Waals surface area contributed by atoms with E-state index in [1.165, 1.54) is 24.1 Å². The minimum atomic E-state index is 0.130. The van der Waals surface area contributed by atoms with E-state index in [0.717, 1.165) is 61.2 Å². The Bertz CT molecular complexity index is 929. The van der Waals surface area contributed by atoms with Crippen molar-refractivity contribution in [2.75, 3.05) is 46.0 Å². The van der Waals surface area contributed by atoms with Crippen LogP contribution < -0.4 is 19.1 Å². The number of hydrogen-bond acceptors (Lipinski definition) is 7. The summed E-state index contributed by atoms with van der Waals surface area (Å²) in [5.74, 6) is 3.23. The molecule has 1 aliphatic carbocycles. The lowest BCUT2D eigenvalue weighted by Crippen LogP contribution is -2.45. The van der Waals surface area contributed by atoms with Crippen molar-refractivity contribution in [1.29, 1.82) is 0 Å². The Labute approximate surface area is 171 Å². The molecule has 1 fully saturated rings. The molecule has 1 saturated heterocycles. The number of aryl methyl sites for hydroxylation is 1. The maximum atomic E-state index is 5.64. The normalized spacial score (nSPS) is 22.7. The molecule has 5 rings (SSSR count). The molecule has 7 nitrogen and oxygen atoms in total. The van der Waals surface area contributed by atoms with Gasteiger partial charge in [0.15, 0.2) is 11.5 Å². The van der Waals surface area contributed by atoms with Gasteiger partial charge in [0, 0.05) is 50.4 Å². The Morgan fingerprint density at radius 2 is 2.03 bits per heavy atom. The molecule has 7 heteroatoms. The van der Waals surface area contributed by atoms with Crippen molar-refractivity contribution in [3.8, 4) is 17.2 Å². The first-order valence-corrected chi connectivity index (χ1v) is 10.3. The molecule has 3 heterocycles. The average Bonchev–Trinajstić information content (AvgIpc) is 3.32. The summed E-state index contributed by atoms with van der Waals surface area (Å²) in [5, 5.41) is 0. The molecule has 1 aromatic heterocycles. The number of methoxy groups -OCH3 is 1. The minimum absolute atomic E-state index is 0.130. The van der Waals surface area contributed by atoms with Crippen molar-refractivity contribution in [3.63, 3.8) is 0 Å². The molecule has 1 unspecified atom stereocenters. The van der Waals surface area contributed by atoms with Gasteiger partial charge in [0.05, 0.1) is 12.8 Å². The Kier molecular flexibility index (Phi) is 4.50. The zero-order chi connectivity index (χ0) is 20.0. The highest BCUT2D eigenvalue weighted by Crippen LogP contribution is 2.45. The molecule has 2 aromatic rings. The van der Waals surface area contributed by atoms with Crippen LogP contribution in [0.5, 0.6) is 17.2 Å². The number of ether oxygens (including phenoxy) is 3. The van der Waals surface area contributed by atoms with E-state index in [-0.39, 0.29) is 12.2 Å². The van der Waals surface area contributed by atoms with Crippen molar-refractivity contribution in [3.05, 3.63) is 35.2 Å². The number of hydrogen-bond donors (Lipinski definition) is 0. The van der Waals surface area contributed by atoms with Crippen LogP contribution in [-0.4, -0.2) is 56.0 Å². The molecule has 154 valence electrons. The van der Waals surface area contributed by atoms with E-state index < -0.39 is 0 Å². The van der Waals surface area contributed by atoms with Crippen LogP contribution >= 0.6 is 0 Å². The largest absolute Gasteiger partial charge is 0.496 e. The molecule has 2 aliphatic heterocycles. The number of fused-ring (bicyclic) bond motifs is 3. The number of likely N-dealkylation sites (tertiary alicyclic amines) is 1. The summed E-state index contributed by atoms with van der Waals surface area (Å²) in [6.45, 7) is 3.21. The minimum Gasteiger partial charge on any atom is -0.496 e. The van der Waals surface area contributed by atoms with Gasteiger partial charge >= 0.3 is 0 Å². The topological polar surface area (TPSA) is 60.0 Å². The predicted molar refractivity (Wildman–Crippen MR) is 110 cm³/mol. The fraction of sp³-hybridized carbons (Fsp3) is 0.545. The SMILES string of the molecule is COc1cc2c(cc1CN1CCCC3(CCc4cnc(N(C)C)nc43)C1)OCO2. The highest BCUT2D eigenvalue weighted by atomic mass is 16.7. The Morgan fingerprint density at radius 3 is 2.83 bits per heavy atom. The molecular weight excluding hydrogens is 368 g/mol. The fourth-order valence-electron chi connectivity index (χ4n) is 5.03. The Morgan fingerprint density at radius 1 is 1.21 bits per heavy atom. The summed E-state index contributed by atoms with van der Waals surface area (Å²) < 4.78 is 16.7. The molecule has 1 aromatic carbocycles. The third-order valence-electron chi connectivity index (χ3n) is 6.45. The van der Waals surface area contributed by atoms with E-state index in [1.54, 1.807) is 7.11 Å². The van der Waals surface area contributed by atoms with E-state index in [1.807, 2.05) is 31.3 Å². The van der Waals surface area contributed by atoms with Gasteiger partial charge in [-0.05, 0) is 43.9 Å². The number of piperidine rings is 1. The lowest BCUT2D eigenvalue weighted by molar-refractivity contribution is 0.135. The quantitative estimate of drug-likeness (QED) is 0.788. The molecule has 0 bridgehead atoms. The van der Waals surface area contributed by atoms with Gasteiger partial charge in [0.2, 0.25) is 12.7 Å². The van der Waals surface area contributed by atoms with Crippen LogP contribution in [-0.2, 0) is 18.4 Å². The van der Waals surface area contributed by atoms with Crippen LogP contribution in [0.1, 0.15) is 36.1 Å². The maximum Gasteiger partial charge on any atom is 0.231 e. The van der Waals surface area contributed by atoms with Crippen molar-refractivity contribution in [2.24, 2.45) is 0 Å². The first-order valence-electron chi connectivity index (χ1n) is 10.3. The highest BCUT2D eigenvalue weighted by molar-refractivity contribution is 5.52. The first kappa shape index (κ1) is 18.5. The van der Waals surface area contributed by atoms with Gasteiger partial charge in [-0.2, -0.15) is 0 Å². The van der Waals surface area contributed by atoms with Crippen LogP contribution in [0.2, 0.25) is 0 Å². The summed E-state index contributed by atoms with van der Waals surface area (Å²) in [6.07, 6.45) is 6.63. The summed E-state index contributed by atoms with van der Waals surface area (Å²) in [4.78, 5) is 14.0. The molecule has 0 amide bonds. The number of aromatic nitrogens is 2. The maximum absolute atomic E-state index is 5.64. The third-order valence-corrected chi connectivity index (χ3v) is 6.45. The molecule has 0 radical (unpaired) electrons. The number of benzene rings is 1. The smallest absolute Gasteiger partial charge is 0.231 e. The van der Waals surface area contributed by atoms with Gasteiger partial charge in [0.25, 0.3) is 0 Å². The lowest BCUT2D eigenvalue weighted by Gasteiger charge is -2.40. The fourth-order valence-corrected chi connectivity index (χ4v) is 5.03. The van der Waals surface area contributed by atoms with Crippen molar-refractivity contribution in [2.45, 2.75) is 37.6 Å². The second-order valence-corrected chi connectivity index (χ2v) is 8.55. The number of rotatable bonds is 4. The molecular formula is C22H28N4O3.